The maximum Gasteiger partial charge on any atom is 0.263 e. The van der Waals surface area contributed by atoms with Gasteiger partial charge in [-0.15, -0.1) is 11.3 Å². The molecule has 1 amide bonds. The van der Waals surface area contributed by atoms with Gasteiger partial charge in [-0.2, -0.15) is 5.10 Å². The Morgan fingerprint density at radius 1 is 1.56 bits per heavy atom. The number of hydrogen-bond acceptors (Lipinski definition) is 4. The first-order chi connectivity index (χ1) is 8.60. The zero-order chi connectivity index (χ0) is 13.1. The van der Waals surface area contributed by atoms with Crippen molar-refractivity contribution in [1.29, 1.82) is 0 Å². The molecular formula is C12H16N4OS. The van der Waals surface area contributed by atoms with Gasteiger partial charge >= 0.3 is 0 Å². The van der Waals surface area contributed by atoms with Crippen molar-refractivity contribution in [3.8, 4) is 0 Å². The lowest BCUT2D eigenvalue weighted by Crippen LogP contribution is -2.22. The number of thiazole rings is 1. The molecule has 2 aromatic heterocycles. The van der Waals surface area contributed by atoms with Crippen LogP contribution in [0, 0.1) is 6.92 Å². The van der Waals surface area contributed by atoms with Crippen LogP contribution < -0.4 is 5.32 Å². The Balaban J connectivity index is 2.01. The fraction of sp³-hybridized carbons (Fsp3) is 0.417. The van der Waals surface area contributed by atoms with Crippen LogP contribution in [0.3, 0.4) is 0 Å². The molecule has 1 N–H and O–H groups in total. The molecule has 2 rings (SSSR count). The molecule has 0 aliphatic heterocycles. The highest BCUT2D eigenvalue weighted by molar-refractivity contribution is 7.13. The van der Waals surface area contributed by atoms with Crippen molar-refractivity contribution in [2.45, 2.75) is 26.8 Å². The van der Waals surface area contributed by atoms with Crippen molar-refractivity contribution >= 4 is 17.2 Å². The number of carbonyl (C=O) groups excluding carboxylic acids is 1. The van der Waals surface area contributed by atoms with Crippen LogP contribution in [-0.2, 0) is 20.0 Å². The summed E-state index contributed by atoms with van der Waals surface area (Å²) < 4.78 is 1.72. The van der Waals surface area contributed by atoms with Crippen LogP contribution in [-0.4, -0.2) is 20.7 Å². The third kappa shape index (κ3) is 2.76. The van der Waals surface area contributed by atoms with Gasteiger partial charge in [-0.1, -0.05) is 6.92 Å². The molecule has 96 valence electrons. The van der Waals surface area contributed by atoms with E-state index in [9.17, 15) is 4.79 Å². The molecule has 5 nitrogen and oxygen atoms in total. The van der Waals surface area contributed by atoms with Crippen LogP contribution in [0.4, 0.5) is 0 Å². The van der Waals surface area contributed by atoms with Crippen molar-refractivity contribution < 1.29 is 4.79 Å². The van der Waals surface area contributed by atoms with Gasteiger partial charge in [0.1, 0.15) is 4.88 Å². The Morgan fingerprint density at radius 3 is 2.89 bits per heavy atom. The van der Waals surface area contributed by atoms with Crippen molar-refractivity contribution in [3.05, 3.63) is 33.5 Å². The summed E-state index contributed by atoms with van der Waals surface area (Å²) >= 11 is 1.46. The van der Waals surface area contributed by atoms with Gasteiger partial charge in [-0.25, -0.2) is 4.98 Å². The molecule has 0 aliphatic rings. The number of nitrogens with zero attached hydrogens (tertiary/aromatic N) is 3. The van der Waals surface area contributed by atoms with Crippen LogP contribution in [0.5, 0.6) is 0 Å². The molecule has 0 fully saturated rings. The molecule has 0 aliphatic carbocycles. The lowest BCUT2D eigenvalue weighted by atomic mass is 10.3. The van der Waals surface area contributed by atoms with E-state index in [4.69, 9.17) is 0 Å². The highest BCUT2D eigenvalue weighted by Crippen LogP contribution is 2.18. The topological polar surface area (TPSA) is 59.8 Å². The van der Waals surface area contributed by atoms with E-state index in [-0.39, 0.29) is 5.91 Å². The summed E-state index contributed by atoms with van der Waals surface area (Å²) in [6, 6.07) is 1.89. The van der Waals surface area contributed by atoms with Crippen LogP contribution in [0.25, 0.3) is 0 Å². The van der Waals surface area contributed by atoms with E-state index in [1.54, 1.807) is 4.68 Å². The second-order valence-electron chi connectivity index (χ2n) is 4.04. The number of nitrogens with one attached hydrogen (secondary N) is 1. The molecule has 0 spiro atoms. The predicted molar refractivity (Wildman–Crippen MR) is 70.6 cm³/mol. The van der Waals surface area contributed by atoms with Crippen molar-refractivity contribution in [3.63, 3.8) is 0 Å². The highest BCUT2D eigenvalue weighted by Gasteiger charge is 2.14. The zero-order valence-electron chi connectivity index (χ0n) is 10.7. The van der Waals surface area contributed by atoms with Crippen LogP contribution in [0.2, 0.25) is 0 Å². The first-order valence-corrected chi connectivity index (χ1v) is 6.64. The van der Waals surface area contributed by atoms with Gasteiger partial charge in [0, 0.05) is 13.2 Å². The Bertz CT molecular complexity index is 558. The molecule has 0 radical (unpaired) electrons. The van der Waals surface area contributed by atoms with Gasteiger partial charge < -0.3 is 5.32 Å². The number of aryl methyl sites for hydroxylation is 3. The van der Waals surface area contributed by atoms with E-state index in [2.05, 4.69) is 15.4 Å². The minimum Gasteiger partial charge on any atom is -0.346 e. The van der Waals surface area contributed by atoms with Crippen LogP contribution in [0.1, 0.15) is 33.0 Å². The quantitative estimate of drug-likeness (QED) is 0.914. The van der Waals surface area contributed by atoms with E-state index < -0.39 is 0 Å². The second kappa shape index (κ2) is 5.30. The molecule has 0 aromatic carbocycles. The third-order valence-corrected chi connectivity index (χ3v) is 3.85. The number of carbonyl (C=O) groups is 1. The average Bonchev–Trinajstić information content (AvgIpc) is 2.92. The van der Waals surface area contributed by atoms with Crippen LogP contribution >= 0.6 is 11.3 Å². The lowest BCUT2D eigenvalue weighted by molar-refractivity contribution is 0.0953. The van der Waals surface area contributed by atoms with Crippen LogP contribution in [0.15, 0.2) is 12.3 Å². The normalized spacial score (nSPS) is 10.6. The molecule has 0 atom stereocenters. The number of amides is 1. The summed E-state index contributed by atoms with van der Waals surface area (Å²) in [4.78, 5) is 17.0. The van der Waals surface area contributed by atoms with Gasteiger partial charge in [-0.05, 0) is 19.4 Å². The largest absolute Gasteiger partial charge is 0.346 e. The fourth-order valence-electron chi connectivity index (χ4n) is 1.62. The monoisotopic (exact) mass is 264 g/mol. The molecule has 0 saturated carbocycles. The smallest absolute Gasteiger partial charge is 0.263 e. The Labute approximate surface area is 110 Å². The van der Waals surface area contributed by atoms with Gasteiger partial charge in [0.25, 0.3) is 5.91 Å². The van der Waals surface area contributed by atoms with E-state index >= 15 is 0 Å². The summed E-state index contributed by atoms with van der Waals surface area (Å²) in [5, 5.41) is 8.07. The summed E-state index contributed by atoms with van der Waals surface area (Å²) in [6.07, 6.45) is 2.72. The summed E-state index contributed by atoms with van der Waals surface area (Å²) in [5.74, 6) is -0.0737. The van der Waals surface area contributed by atoms with Gasteiger partial charge in [0.15, 0.2) is 0 Å². The number of rotatable bonds is 4. The Morgan fingerprint density at radius 2 is 2.33 bits per heavy atom. The number of hydrogen-bond donors (Lipinski definition) is 1. The van der Waals surface area contributed by atoms with Gasteiger partial charge in [0.05, 0.1) is 22.9 Å². The third-order valence-electron chi connectivity index (χ3n) is 2.55. The Hall–Kier alpha value is -1.69. The molecule has 0 unspecified atom stereocenters. The van der Waals surface area contributed by atoms with E-state index in [1.165, 1.54) is 11.3 Å². The van der Waals surface area contributed by atoms with Crippen molar-refractivity contribution in [1.82, 2.24) is 20.1 Å². The maximum absolute atomic E-state index is 12.0. The minimum atomic E-state index is -0.0737. The zero-order valence-corrected chi connectivity index (χ0v) is 11.5. The SMILES string of the molecule is CCc1nc(C)c(C(=O)NCc2ccn(C)n2)s1. The molecule has 2 aromatic rings. The molecule has 0 saturated heterocycles. The first-order valence-electron chi connectivity index (χ1n) is 5.83. The van der Waals surface area contributed by atoms with Gasteiger partial charge in [0.2, 0.25) is 0 Å². The van der Waals surface area contributed by atoms with Crippen molar-refractivity contribution in [2.75, 3.05) is 0 Å². The van der Waals surface area contributed by atoms with Gasteiger partial charge in [-0.3, -0.25) is 9.48 Å². The molecule has 18 heavy (non-hydrogen) atoms. The molecule has 6 heteroatoms. The second-order valence-corrected chi connectivity index (χ2v) is 5.12. The van der Waals surface area contributed by atoms with Crippen molar-refractivity contribution in [2.24, 2.45) is 7.05 Å². The minimum absolute atomic E-state index is 0.0737. The van der Waals surface area contributed by atoms with E-state index in [0.717, 1.165) is 22.8 Å². The highest BCUT2D eigenvalue weighted by atomic mass is 32.1. The molecule has 2 heterocycles. The summed E-state index contributed by atoms with van der Waals surface area (Å²) in [6.45, 7) is 4.34. The Kier molecular flexibility index (Phi) is 3.76. The lowest BCUT2D eigenvalue weighted by Gasteiger charge is -2.01. The molecular weight excluding hydrogens is 248 g/mol. The predicted octanol–water partition coefficient (Wildman–Crippen LogP) is 1.68. The fourth-order valence-corrected chi connectivity index (χ4v) is 2.54. The van der Waals surface area contributed by atoms with E-state index in [0.29, 0.717) is 11.4 Å². The van der Waals surface area contributed by atoms with E-state index in [1.807, 2.05) is 33.2 Å². The summed E-state index contributed by atoms with van der Waals surface area (Å²) in [5.41, 5.74) is 1.65. The maximum atomic E-state index is 12.0. The standard InChI is InChI=1S/C12H16N4OS/c1-4-10-14-8(2)11(18-10)12(17)13-7-9-5-6-16(3)15-9/h5-6H,4,7H2,1-3H3,(H,13,17). The molecule has 0 bridgehead atoms. The summed E-state index contributed by atoms with van der Waals surface area (Å²) in [7, 11) is 1.85. The first kappa shape index (κ1) is 12.8. The average molecular weight is 264 g/mol. The number of aromatic nitrogens is 3.